The fourth-order valence-corrected chi connectivity index (χ4v) is 2.68. The number of ether oxygens (including phenoxy) is 1. The number of hydrogen-bond donors (Lipinski definition) is 3. The Morgan fingerprint density at radius 3 is 2.90 bits per heavy atom. The van der Waals surface area contributed by atoms with E-state index in [1.165, 1.54) is 31.6 Å². The van der Waals surface area contributed by atoms with Gasteiger partial charge in [-0.05, 0) is 18.2 Å². The standard InChI is InChI=1S/C13H14N4O3S/c1-20-13-5-4-12(7-10(13)3-2-6-14)21(18,19)17-11-8-15-16-9-11/h4-5,7-9,17H,6,14H2,1H3,(H,15,16). The van der Waals surface area contributed by atoms with Crippen molar-refractivity contribution in [3.8, 4) is 17.6 Å². The molecule has 7 nitrogen and oxygen atoms in total. The Kier molecular flexibility index (Phi) is 4.47. The number of sulfonamides is 1. The summed E-state index contributed by atoms with van der Waals surface area (Å²) in [6.45, 7) is 0.174. The molecule has 0 aliphatic carbocycles. The molecule has 1 aromatic heterocycles. The third-order valence-corrected chi connectivity index (χ3v) is 3.94. The third-order valence-electron chi connectivity index (χ3n) is 2.56. The largest absolute Gasteiger partial charge is 0.495 e. The van der Waals surface area contributed by atoms with E-state index in [2.05, 4.69) is 26.8 Å². The molecule has 0 aliphatic heterocycles. The molecular weight excluding hydrogens is 292 g/mol. The summed E-state index contributed by atoms with van der Waals surface area (Å²) in [5, 5.41) is 6.21. The van der Waals surface area contributed by atoms with Crippen LogP contribution in [-0.2, 0) is 10.0 Å². The molecule has 0 spiro atoms. The highest BCUT2D eigenvalue weighted by Gasteiger charge is 2.16. The first-order valence-corrected chi connectivity index (χ1v) is 7.43. The number of hydrogen-bond acceptors (Lipinski definition) is 5. The van der Waals surface area contributed by atoms with Crippen molar-refractivity contribution in [2.45, 2.75) is 4.90 Å². The van der Waals surface area contributed by atoms with Gasteiger partial charge in [0.15, 0.2) is 0 Å². The minimum atomic E-state index is -3.72. The number of nitrogens with zero attached hydrogens (tertiary/aromatic N) is 1. The summed E-state index contributed by atoms with van der Waals surface area (Å²) in [5.41, 5.74) is 6.13. The maximum absolute atomic E-state index is 12.3. The summed E-state index contributed by atoms with van der Waals surface area (Å²) in [7, 11) is -2.23. The minimum Gasteiger partial charge on any atom is -0.495 e. The van der Waals surface area contributed by atoms with Crippen LogP contribution in [0, 0.1) is 11.8 Å². The van der Waals surface area contributed by atoms with Crippen LogP contribution in [0.25, 0.3) is 0 Å². The highest BCUT2D eigenvalue weighted by molar-refractivity contribution is 7.92. The van der Waals surface area contributed by atoms with Gasteiger partial charge in [0.05, 0.1) is 36.0 Å². The first kappa shape index (κ1) is 14.9. The maximum Gasteiger partial charge on any atom is 0.262 e. The number of benzene rings is 1. The van der Waals surface area contributed by atoms with Gasteiger partial charge in [-0.15, -0.1) is 0 Å². The molecule has 1 aromatic carbocycles. The van der Waals surface area contributed by atoms with E-state index in [9.17, 15) is 8.42 Å². The second-order valence-electron chi connectivity index (χ2n) is 3.96. The zero-order valence-corrected chi connectivity index (χ0v) is 12.1. The zero-order valence-electron chi connectivity index (χ0n) is 11.3. The van der Waals surface area contributed by atoms with Gasteiger partial charge in [0.1, 0.15) is 5.75 Å². The van der Waals surface area contributed by atoms with Crippen LogP contribution in [0.4, 0.5) is 5.69 Å². The lowest BCUT2D eigenvalue weighted by Crippen LogP contribution is -2.12. The van der Waals surface area contributed by atoms with Gasteiger partial charge in [0.25, 0.3) is 10.0 Å². The van der Waals surface area contributed by atoms with Gasteiger partial charge in [0.2, 0.25) is 0 Å². The molecule has 0 unspecified atom stereocenters. The molecule has 2 aromatic rings. The number of rotatable bonds is 4. The molecule has 0 radical (unpaired) electrons. The van der Waals surface area contributed by atoms with Crippen molar-refractivity contribution in [3.63, 3.8) is 0 Å². The van der Waals surface area contributed by atoms with Crippen molar-refractivity contribution in [1.29, 1.82) is 0 Å². The number of nitrogens with one attached hydrogen (secondary N) is 2. The van der Waals surface area contributed by atoms with E-state index in [1.54, 1.807) is 6.07 Å². The van der Waals surface area contributed by atoms with E-state index in [1.807, 2.05) is 0 Å². The first-order chi connectivity index (χ1) is 10.1. The molecule has 1 heterocycles. The molecule has 4 N–H and O–H groups in total. The highest BCUT2D eigenvalue weighted by Crippen LogP contribution is 2.23. The lowest BCUT2D eigenvalue weighted by Gasteiger charge is -2.08. The number of aromatic amines is 1. The Balaban J connectivity index is 2.39. The minimum absolute atomic E-state index is 0.0748. The van der Waals surface area contributed by atoms with Crippen molar-refractivity contribution in [1.82, 2.24) is 10.2 Å². The van der Waals surface area contributed by atoms with Crippen molar-refractivity contribution in [2.24, 2.45) is 5.73 Å². The summed E-state index contributed by atoms with van der Waals surface area (Å²) in [6, 6.07) is 4.42. The summed E-state index contributed by atoms with van der Waals surface area (Å²) >= 11 is 0. The van der Waals surface area contributed by atoms with E-state index in [0.29, 0.717) is 17.0 Å². The molecule has 0 amide bonds. The lowest BCUT2D eigenvalue weighted by atomic mass is 10.2. The summed E-state index contributed by atoms with van der Waals surface area (Å²) in [5.74, 6) is 5.94. The van der Waals surface area contributed by atoms with E-state index < -0.39 is 10.0 Å². The summed E-state index contributed by atoms with van der Waals surface area (Å²) in [6.07, 6.45) is 2.81. The predicted octanol–water partition coefficient (Wildman–Crippen LogP) is 0.529. The normalized spacial score (nSPS) is 10.6. The smallest absolute Gasteiger partial charge is 0.262 e. The van der Waals surface area contributed by atoms with Crippen LogP contribution >= 0.6 is 0 Å². The van der Waals surface area contributed by atoms with Crippen LogP contribution in [0.3, 0.4) is 0 Å². The van der Waals surface area contributed by atoms with Gasteiger partial charge in [0, 0.05) is 6.20 Å². The van der Waals surface area contributed by atoms with E-state index in [4.69, 9.17) is 10.5 Å². The van der Waals surface area contributed by atoms with Crippen LogP contribution in [0.15, 0.2) is 35.5 Å². The highest BCUT2D eigenvalue weighted by atomic mass is 32.2. The number of methoxy groups -OCH3 is 1. The number of nitrogens with two attached hydrogens (primary N) is 1. The van der Waals surface area contributed by atoms with Crippen LogP contribution in [-0.4, -0.2) is 32.3 Å². The van der Waals surface area contributed by atoms with Crippen molar-refractivity contribution in [3.05, 3.63) is 36.2 Å². The average molecular weight is 306 g/mol. The Labute approximate surface area is 122 Å². The van der Waals surface area contributed by atoms with Gasteiger partial charge in [-0.1, -0.05) is 11.8 Å². The van der Waals surface area contributed by atoms with Crippen molar-refractivity contribution < 1.29 is 13.2 Å². The Bertz CT molecular complexity index is 773. The topological polar surface area (TPSA) is 110 Å². The average Bonchev–Trinajstić information content (AvgIpc) is 2.96. The van der Waals surface area contributed by atoms with E-state index >= 15 is 0 Å². The van der Waals surface area contributed by atoms with Gasteiger partial charge in [-0.2, -0.15) is 5.10 Å². The number of aromatic nitrogens is 2. The summed E-state index contributed by atoms with van der Waals surface area (Å²) < 4.78 is 32.1. The van der Waals surface area contributed by atoms with Crippen LogP contribution in [0.5, 0.6) is 5.75 Å². The van der Waals surface area contributed by atoms with Gasteiger partial charge >= 0.3 is 0 Å². The second kappa shape index (κ2) is 6.30. The molecule has 0 saturated carbocycles. The van der Waals surface area contributed by atoms with Gasteiger partial charge in [-0.25, -0.2) is 8.42 Å². The van der Waals surface area contributed by atoms with Gasteiger partial charge < -0.3 is 10.5 Å². The molecule has 110 valence electrons. The predicted molar refractivity (Wildman–Crippen MR) is 78.3 cm³/mol. The zero-order chi connectivity index (χ0) is 15.3. The number of anilines is 1. The van der Waals surface area contributed by atoms with Crippen LogP contribution in [0.2, 0.25) is 0 Å². The molecule has 0 atom stereocenters. The molecule has 8 heteroatoms. The third kappa shape index (κ3) is 3.53. The maximum atomic E-state index is 12.3. The SMILES string of the molecule is COc1ccc(S(=O)(=O)Nc2cn[nH]c2)cc1C#CCN. The molecule has 0 aliphatic rings. The Morgan fingerprint density at radius 2 is 2.29 bits per heavy atom. The van der Waals surface area contributed by atoms with Gasteiger partial charge in [-0.3, -0.25) is 9.82 Å². The van der Waals surface area contributed by atoms with E-state index in [0.717, 1.165) is 0 Å². The van der Waals surface area contributed by atoms with Crippen molar-refractivity contribution in [2.75, 3.05) is 18.4 Å². The first-order valence-electron chi connectivity index (χ1n) is 5.95. The fraction of sp³-hybridized carbons (Fsp3) is 0.154. The Morgan fingerprint density at radius 1 is 1.48 bits per heavy atom. The van der Waals surface area contributed by atoms with Crippen LogP contribution in [0.1, 0.15) is 5.56 Å². The van der Waals surface area contributed by atoms with Crippen LogP contribution < -0.4 is 15.2 Å². The number of H-pyrrole nitrogens is 1. The molecular formula is C13H14N4O3S. The molecule has 21 heavy (non-hydrogen) atoms. The Hall–Kier alpha value is -2.50. The van der Waals surface area contributed by atoms with Crippen molar-refractivity contribution >= 4 is 15.7 Å². The van der Waals surface area contributed by atoms with E-state index in [-0.39, 0.29) is 11.4 Å². The quantitative estimate of drug-likeness (QED) is 0.714. The molecule has 0 saturated heterocycles. The summed E-state index contributed by atoms with van der Waals surface area (Å²) in [4.78, 5) is 0.0748. The molecule has 0 fully saturated rings. The monoisotopic (exact) mass is 306 g/mol. The fourth-order valence-electron chi connectivity index (χ4n) is 1.62. The molecule has 0 bridgehead atoms. The molecule has 2 rings (SSSR count). The second-order valence-corrected chi connectivity index (χ2v) is 5.64. The lowest BCUT2D eigenvalue weighted by molar-refractivity contribution is 0.413.